The number of benzene rings is 2. The second kappa shape index (κ2) is 5.48. The SMILES string of the molecule is COC(=O)c1cc(F)ccc1Nc1cccc(F)c1. The normalized spacial score (nSPS) is 10.1. The molecule has 2 rings (SSSR count). The monoisotopic (exact) mass is 263 g/mol. The van der Waals surface area contributed by atoms with Crippen LogP contribution in [0.15, 0.2) is 42.5 Å². The standard InChI is InChI=1S/C14H11F2NO2/c1-19-14(18)12-8-10(16)5-6-13(12)17-11-4-2-3-9(15)7-11/h2-8,17H,1H3. The lowest BCUT2D eigenvalue weighted by molar-refractivity contribution is 0.0601. The van der Waals surface area contributed by atoms with Crippen molar-refractivity contribution in [3.05, 3.63) is 59.7 Å². The van der Waals surface area contributed by atoms with Gasteiger partial charge in [0.1, 0.15) is 11.6 Å². The van der Waals surface area contributed by atoms with Gasteiger partial charge in [0.15, 0.2) is 0 Å². The van der Waals surface area contributed by atoms with Crippen LogP contribution in [0.2, 0.25) is 0 Å². The van der Waals surface area contributed by atoms with Crippen molar-refractivity contribution in [3.8, 4) is 0 Å². The minimum absolute atomic E-state index is 0.0479. The van der Waals surface area contributed by atoms with Crippen LogP contribution in [0, 0.1) is 11.6 Å². The van der Waals surface area contributed by atoms with Crippen molar-refractivity contribution in [2.24, 2.45) is 0 Å². The zero-order valence-corrected chi connectivity index (χ0v) is 10.1. The Kier molecular flexibility index (Phi) is 3.75. The molecule has 2 aromatic rings. The summed E-state index contributed by atoms with van der Waals surface area (Å²) in [5.74, 6) is -1.63. The molecule has 0 saturated heterocycles. The molecule has 3 nitrogen and oxygen atoms in total. The predicted octanol–water partition coefficient (Wildman–Crippen LogP) is 3.50. The smallest absolute Gasteiger partial charge is 0.340 e. The molecule has 0 spiro atoms. The highest BCUT2D eigenvalue weighted by Gasteiger charge is 2.13. The highest BCUT2D eigenvalue weighted by molar-refractivity contribution is 5.96. The molecular formula is C14H11F2NO2. The maximum atomic E-state index is 13.2. The quantitative estimate of drug-likeness (QED) is 0.861. The molecule has 0 aliphatic rings. The maximum absolute atomic E-state index is 13.2. The third-order valence-corrected chi connectivity index (χ3v) is 2.49. The number of ether oxygens (including phenoxy) is 1. The molecule has 0 atom stereocenters. The average molecular weight is 263 g/mol. The van der Waals surface area contributed by atoms with Crippen molar-refractivity contribution in [3.63, 3.8) is 0 Å². The minimum atomic E-state index is -0.668. The van der Waals surface area contributed by atoms with E-state index in [-0.39, 0.29) is 5.56 Å². The summed E-state index contributed by atoms with van der Waals surface area (Å²) in [6.07, 6.45) is 0. The van der Waals surface area contributed by atoms with Crippen LogP contribution >= 0.6 is 0 Å². The molecule has 1 N–H and O–H groups in total. The summed E-state index contributed by atoms with van der Waals surface area (Å²) in [5.41, 5.74) is 0.849. The summed E-state index contributed by atoms with van der Waals surface area (Å²) >= 11 is 0. The summed E-state index contributed by atoms with van der Waals surface area (Å²) in [7, 11) is 1.21. The van der Waals surface area contributed by atoms with Gasteiger partial charge in [-0.3, -0.25) is 0 Å². The van der Waals surface area contributed by atoms with Gasteiger partial charge in [0, 0.05) is 5.69 Å². The van der Waals surface area contributed by atoms with Gasteiger partial charge in [0.2, 0.25) is 0 Å². The zero-order chi connectivity index (χ0) is 13.8. The summed E-state index contributed by atoms with van der Waals surface area (Å²) in [6.45, 7) is 0. The lowest BCUT2D eigenvalue weighted by atomic mass is 10.1. The van der Waals surface area contributed by atoms with E-state index in [0.717, 1.165) is 6.07 Å². The lowest BCUT2D eigenvalue weighted by Gasteiger charge is -2.11. The van der Waals surface area contributed by atoms with E-state index < -0.39 is 17.6 Å². The minimum Gasteiger partial charge on any atom is -0.465 e. The second-order valence-corrected chi connectivity index (χ2v) is 3.82. The number of rotatable bonds is 3. The number of anilines is 2. The van der Waals surface area contributed by atoms with E-state index in [2.05, 4.69) is 10.1 Å². The Morgan fingerprint density at radius 1 is 1.11 bits per heavy atom. The summed E-state index contributed by atoms with van der Waals surface area (Å²) in [4.78, 5) is 11.5. The molecule has 0 fully saturated rings. The van der Waals surface area contributed by atoms with Crippen molar-refractivity contribution in [1.82, 2.24) is 0 Å². The zero-order valence-electron chi connectivity index (χ0n) is 10.1. The Labute approximate surface area is 108 Å². The Morgan fingerprint density at radius 2 is 1.84 bits per heavy atom. The van der Waals surface area contributed by atoms with Gasteiger partial charge >= 0.3 is 5.97 Å². The van der Waals surface area contributed by atoms with Gasteiger partial charge in [-0.1, -0.05) is 6.07 Å². The molecule has 0 bridgehead atoms. The molecule has 2 aromatic carbocycles. The lowest BCUT2D eigenvalue weighted by Crippen LogP contribution is -2.06. The molecule has 98 valence electrons. The summed E-state index contributed by atoms with van der Waals surface area (Å²) < 4.78 is 30.8. The highest BCUT2D eigenvalue weighted by atomic mass is 19.1. The van der Waals surface area contributed by atoms with Gasteiger partial charge in [-0.15, -0.1) is 0 Å². The van der Waals surface area contributed by atoms with E-state index in [1.165, 1.54) is 37.4 Å². The fraction of sp³-hybridized carbons (Fsp3) is 0.0714. The second-order valence-electron chi connectivity index (χ2n) is 3.82. The van der Waals surface area contributed by atoms with Crippen molar-refractivity contribution < 1.29 is 18.3 Å². The Balaban J connectivity index is 2.37. The van der Waals surface area contributed by atoms with Crippen molar-refractivity contribution in [2.75, 3.05) is 12.4 Å². The topological polar surface area (TPSA) is 38.3 Å². The highest BCUT2D eigenvalue weighted by Crippen LogP contribution is 2.23. The summed E-state index contributed by atoms with van der Waals surface area (Å²) in [6, 6.07) is 9.39. The summed E-state index contributed by atoms with van der Waals surface area (Å²) in [5, 5.41) is 2.85. The first-order valence-electron chi connectivity index (χ1n) is 5.50. The molecule has 0 aliphatic carbocycles. The van der Waals surface area contributed by atoms with Crippen molar-refractivity contribution in [2.45, 2.75) is 0 Å². The largest absolute Gasteiger partial charge is 0.465 e. The van der Waals surface area contributed by atoms with Crippen LogP contribution in [0.3, 0.4) is 0 Å². The number of hydrogen-bond acceptors (Lipinski definition) is 3. The fourth-order valence-corrected chi connectivity index (χ4v) is 1.63. The molecule has 5 heteroatoms. The third-order valence-electron chi connectivity index (χ3n) is 2.49. The molecular weight excluding hydrogens is 252 g/mol. The molecule has 0 heterocycles. The third kappa shape index (κ3) is 3.07. The average Bonchev–Trinajstić information content (AvgIpc) is 2.40. The molecule has 19 heavy (non-hydrogen) atoms. The molecule has 0 aliphatic heterocycles. The van der Waals surface area contributed by atoms with Crippen LogP contribution in [0.5, 0.6) is 0 Å². The van der Waals surface area contributed by atoms with Gasteiger partial charge in [-0.2, -0.15) is 0 Å². The van der Waals surface area contributed by atoms with Crippen molar-refractivity contribution in [1.29, 1.82) is 0 Å². The van der Waals surface area contributed by atoms with E-state index in [0.29, 0.717) is 11.4 Å². The van der Waals surface area contributed by atoms with Crippen LogP contribution < -0.4 is 5.32 Å². The first-order chi connectivity index (χ1) is 9.10. The number of nitrogens with one attached hydrogen (secondary N) is 1. The van der Waals surface area contributed by atoms with Gasteiger partial charge in [0.25, 0.3) is 0 Å². The first kappa shape index (κ1) is 13.0. The number of esters is 1. The van der Waals surface area contributed by atoms with Gasteiger partial charge in [-0.05, 0) is 36.4 Å². The maximum Gasteiger partial charge on any atom is 0.340 e. The van der Waals surface area contributed by atoms with Crippen LogP contribution in [-0.4, -0.2) is 13.1 Å². The number of carbonyl (C=O) groups is 1. The number of carbonyl (C=O) groups excluding carboxylic acids is 1. The van der Waals surface area contributed by atoms with Crippen molar-refractivity contribution >= 4 is 17.3 Å². The molecule has 0 amide bonds. The van der Waals surface area contributed by atoms with Crippen LogP contribution in [0.1, 0.15) is 10.4 Å². The molecule has 0 radical (unpaired) electrons. The van der Waals surface area contributed by atoms with E-state index in [1.54, 1.807) is 6.07 Å². The van der Waals surface area contributed by atoms with E-state index >= 15 is 0 Å². The Morgan fingerprint density at radius 3 is 2.53 bits per heavy atom. The van der Waals surface area contributed by atoms with Gasteiger partial charge < -0.3 is 10.1 Å². The van der Waals surface area contributed by atoms with Crippen LogP contribution in [-0.2, 0) is 4.74 Å². The van der Waals surface area contributed by atoms with Crippen LogP contribution in [0.4, 0.5) is 20.2 Å². The van der Waals surface area contributed by atoms with E-state index in [4.69, 9.17) is 0 Å². The number of hydrogen-bond donors (Lipinski definition) is 1. The van der Waals surface area contributed by atoms with Gasteiger partial charge in [-0.25, -0.2) is 13.6 Å². The number of halogens is 2. The Hall–Kier alpha value is -2.43. The fourth-order valence-electron chi connectivity index (χ4n) is 1.63. The first-order valence-corrected chi connectivity index (χ1v) is 5.50. The molecule has 0 saturated carbocycles. The van der Waals surface area contributed by atoms with Gasteiger partial charge in [0.05, 0.1) is 18.4 Å². The van der Waals surface area contributed by atoms with Crippen LogP contribution in [0.25, 0.3) is 0 Å². The van der Waals surface area contributed by atoms with E-state index in [1.807, 2.05) is 0 Å². The number of methoxy groups -OCH3 is 1. The predicted molar refractivity (Wildman–Crippen MR) is 67.4 cm³/mol. The van der Waals surface area contributed by atoms with E-state index in [9.17, 15) is 13.6 Å². The molecule has 0 aromatic heterocycles. The molecule has 0 unspecified atom stereocenters. The Bertz CT molecular complexity index is 614.